The molecule has 0 aliphatic carbocycles. The fourth-order valence-corrected chi connectivity index (χ4v) is 4.20. The summed E-state index contributed by atoms with van der Waals surface area (Å²) in [6.07, 6.45) is -4.20. The molecule has 1 aliphatic heterocycles. The molecule has 0 radical (unpaired) electrons. The molecule has 2 heterocycles. The Labute approximate surface area is 206 Å². The Bertz CT molecular complexity index is 1300. The standard InChI is InChI=1S/C22H14Cl3F3N4O2/c1-11-4-12(2-3-16(11)20(33)31-19-8-18(25)29-10-30-19)17-9-21(34-32-17,22(26,27)28)13-5-14(23)7-15(24)6-13/h2-8,10H,9H2,1H3,(H,29,30,31,33). The highest BCUT2D eigenvalue weighted by molar-refractivity contribution is 6.34. The van der Waals surface area contributed by atoms with Gasteiger partial charge in [-0.25, -0.2) is 9.97 Å². The molecule has 0 bridgehead atoms. The molecule has 0 saturated heterocycles. The van der Waals surface area contributed by atoms with Gasteiger partial charge in [0.1, 0.15) is 17.3 Å². The van der Waals surface area contributed by atoms with Gasteiger partial charge in [0.25, 0.3) is 11.5 Å². The van der Waals surface area contributed by atoms with E-state index >= 15 is 0 Å². The third-order valence-corrected chi connectivity index (χ3v) is 5.84. The summed E-state index contributed by atoms with van der Waals surface area (Å²) in [7, 11) is 0. The maximum Gasteiger partial charge on any atom is 0.435 e. The Morgan fingerprint density at radius 2 is 1.76 bits per heavy atom. The van der Waals surface area contributed by atoms with Crippen molar-refractivity contribution in [2.24, 2.45) is 5.16 Å². The van der Waals surface area contributed by atoms with E-state index in [0.717, 1.165) is 12.1 Å². The smallest absolute Gasteiger partial charge is 0.374 e. The molecule has 1 atom stereocenters. The van der Waals surface area contributed by atoms with Crippen LogP contribution in [0.1, 0.15) is 33.5 Å². The highest BCUT2D eigenvalue weighted by Gasteiger charge is 2.62. The second kappa shape index (κ2) is 9.05. The predicted octanol–water partition coefficient (Wildman–Crippen LogP) is 6.58. The Balaban J connectivity index is 1.60. The molecule has 1 aromatic heterocycles. The number of benzene rings is 2. The van der Waals surface area contributed by atoms with Crippen LogP contribution in [0, 0.1) is 6.92 Å². The third-order valence-electron chi connectivity index (χ3n) is 5.19. The Morgan fingerprint density at radius 3 is 2.38 bits per heavy atom. The van der Waals surface area contributed by atoms with E-state index in [2.05, 4.69) is 20.4 Å². The molecule has 0 fully saturated rings. The minimum absolute atomic E-state index is 0.0411. The summed E-state index contributed by atoms with van der Waals surface area (Å²) in [4.78, 5) is 25.3. The van der Waals surface area contributed by atoms with E-state index in [1.54, 1.807) is 13.0 Å². The third kappa shape index (κ3) is 4.68. The summed E-state index contributed by atoms with van der Waals surface area (Å²) in [5.74, 6) is -0.265. The normalized spacial score (nSPS) is 17.8. The number of nitrogens with zero attached hydrogens (tertiary/aromatic N) is 3. The van der Waals surface area contributed by atoms with Gasteiger partial charge in [-0.2, -0.15) is 13.2 Å². The monoisotopic (exact) mass is 528 g/mol. The van der Waals surface area contributed by atoms with Crippen LogP contribution in [0.15, 0.2) is 53.9 Å². The van der Waals surface area contributed by atoms with Gasteiger partial charge in [0.15, 0.2) is 0 Å². The van der Waals surface area contributed by atoms with Gasteiger partial charge in [0.05, 0.1) is 5.71 Å². The van der Waals surface area contributed by atoms with Gasteiger partial charge >= 0.3 is 6.18 Å². The van der Waals surface area contributed by atoms with Crippen molar-refractivity contribution >= 4 is 52.2 Å². The minimum Gasteiger partial charge on any atom is -0.374 e. The van der Waals surface area contributed by atoms with Crippen LogP contribution in [-0.2, 0) is 10.4 Å². The summed E-state index contributed by atoms with van der Waals surface area (Å²) in [6.45, 7) is 1.65. The SMILES string of the molecule is Cc1cc(C2=NOC(c3cc(Cl)cc(Cl)c3)(C(F)(F)F)C2)ccc1C(=O)Nc1cc(Cl)ncn1. The molecule has 176 valence electrons. The maximum absolute atomic E-state index is 14.2. The topological polar surface area (TPSA) is 76.5 Å². The van der Waals surface area contributed by atoms with E-state index in [0.29, 0.717) is 16.7 Å². The van der Waals surface area contributed by atoms with Gasteiger partial charge in [-0.3, -0.25) is 4.79 Å². The second-order valence-corrected chi connectivity index (χ2v) is 8.76. The molecular weight excluding hydrogens is 516 g/mol. The molecule has 1 amide bonds. The number of aryl methyl sites for hydroxylation is 1. The zero-order chi connectivity index (χ0) is 24.7. The average Bonchev–Trinajstić information content (AvgIpc) is 3.20. The molecule has 1 N–H and O–H groups in total. The van der Waals surface area contributed by atoms with Crippen molar-refractivity contribution in [2.45, 2.75) is 25.1 Å². The lowest BCUT2D eigenvalue weighted by Crippen LogP contribution is -2.42. The summed E-state index contributed by atoms with van der Waals surface area (Å²) in [5, 5.41) is 6.56. The zero-order valence-corrected chi connectivity index (χ0v) is 19.5. The first kappa shape index (κ1) is 24.3. The van der Waals surface area contributed by atoms with Crippen molar-refractivity contribution in [3.8, 4) is 0 Å². The molecular formula is C22H14Cl3F3N4O2. The number of amides is 1. The first-order valence-electron chi connectivity index (χ1n) is 9.67. The fraction of sp³-hybridized carbons (Fsp3) is 0.182. The van der Waals surface area contributed by atoms with Crippen molar-refractivity contribution in [2.75, 3.05) is 5.32 Å². The van der Waals surface area contributed by atoms with Crippen molar-refractivity contribution in [3.63, 3.8) is 0 Å². The van der Waals surface area contributed by atoms with Crippen LogP contribution in [0.4, 0.5) is 19.0 Å². The van der Waals surface area contributed by atoms with Gasteiger partial charge in [-0.1, -0.05) is 46.0 Å². The van der Waals surface area contributed by atoms with Crippen LogP contribution in [0.25, 0.3) is 0 Å². The van der Waals surface area contributed by atoms with Gasteiger partial charge < -0.3 is 10.2 Å². The highest BCUT2D eigenvalue weighted by atomic mass is 35.5. The lowest BCUT2D eigenvalue weighted by atomic mass is 9.86. The summed E-state index contributed by atoms with van der Waals surface area (Å²) in [6, 6.07) is 9.54. The van der Waals surface area contributed by atoms with Crippen molar-refractivity contribution in [1.82, 2.24) is 9.97 Å². The van der Waals surface area contributed by atoms with E-state index in [1.165, 1.54) is 30.6 Å². The number of rotatable bonds is 4. The van der Waals surface area contributed by atoms with Crippen LogP contribution >= 0.6 is 34.8 Å². The van der Waals surface area contributed by atoms with E-state index < -0.39 is 24.1 Å². The van der Waals surface area contributed by atoms with Crippen LogP contribution in [0.3, 0.4) is 0 Å². The predicted molar refractivity (Wildman–Crippen MR) is 123 cm³/mol. The van der Waals surface area contributed by atoms with Gasteiger partial charge in [0.2, 0.25) is 0 Å². The minimum atomic E-state index is -4.81. The average molecular weight is 530 g/mol. The van der Waals surface area contributed by atoms with Crippen molar-refractivity contribution in [3.05, 3.63) is 86.2 Å². The fourth-order valence-electron chi connectivity index (χ4n) is 3.53. The molecule has 34 heavy (non-hydrogen) atoms. The molecule has 4 rings (SSSR count). The van der Waals surface area contributed by atoms with E-state index in [4.69, 9.17) is 39.6 Å². The van der Waals surface area contributed by atoms with Crippen LogP contribution in [-0.4, -0.2) is 27.8 Å². The Kier molecular flexibility index (Phi) is 6.46. The van der Waals surface area contributed by atoms with Crippen LogP contribution < -0.4 is 5.32 Å². The Hall–Kier alpha value is -2.88. The molecule has 1 aliphatic rings. The van der Waals surface area contributed by atoms with Crippen molar-refractivity contribution < 1.29 is 22.8 Å². The molecule has 12 heteroatoms. The van der Waals surface area contributed by atoms with Gasteiger partial charge in [0, 0.05) is 33.7 Å². The van der Waals surface area contributed by atoms with Crippen molar-refractivity contribution in [1.29, 1.82) is 0 Å². The Morgan fingerprint density at radius 1 is 1.06 bits per heavy atom. The first-order valence-corrected chi connectivity index (χ1v) is 10.8. The number of oxime groups is 1. The number of nitrogens with one attached hydrogen (secondary N) is 1. The number of alkyl halides is 3. The largest absolute Gasteiger partial charge is 0.435 e. The van der Waals surface area contributed by atoms with Gasteiger partial charge in [-0.05, 0) is 48.4 Å². The van der Waals surface area contributed by atoms with E-state index in [9.17, 15) is 18.0 Å². The molecule has 6 nitrogen and oxygen atoms in total. The summed E-state index contributed by atoms with van der Waals surface area (Å²) < 4.78 is 42.5. The zero-order valence-electron chi connectivity index (χ0n) is 17.3. The van der Waals surface area contributed by atoms with Crippen LogP contribution in [0.2, 0.25) is 15.2 Å². The second-order valence-electron chi connectivity index (χ2n) is 7.50. The van der Waals surface area contributed by atoms with E-state index in [-0.39, 0.29) is 32.3 Å². The molecule has 0 saturated carbocycles. The lowest BCUT2D eigenvalue weighted by Gasteiger charge is -2.29. The first-order chi connectivity index (χ1) is 16.0. The maximum atomic E-state index is 14.2. The van der Waals surface area contributed by atoms with E-state index in [1.807, 2.05) is 0 Å². The molecule has 3 aromatic rings. The quantitative estimate of drug-likeness (QED) is 0.387. The van der Waals surface area contributed by atoms with Gasteiger partial charge in [-0.15, -0.1) is 0 Å². The number of carbonyl (C=O) groups excluding carboxylic acids is 1. The molecule has 1 unspecified atom stereocenters. The number of halogens is 6. The molecule has 2 aromatic carbocycles. The molecule has 0 spiro atoms. The number of carbonyl (C=O) groups is 1. The number of hydrogen-bond acceptors (Lipinski definition) is 5. The highest BCUT2D eigenvalue weighted by Crippen LogP contribution is 2.49. The van der Waals surface area contributed by atoms with Crippen LogP contribution in [0.5, 0.6) is 0 Å². The number of anilines is 1. The lowest BCUT2D eigenvalue weighted by molar-refractivity contribution is -0.275. The number of hydrogen-bond donors (Lipinski definition) is 1. The number of aromatic nitrogens is 2. The summed E-state index contributed by atoms with van der Waals surface area (Å²) in [5.41, 5.74) is -1.76. The summed E-state index contributed by atoms with van der Waals surface area (Å²) >= 11 is 17.7.